The SMILES string of the molecule is C=c1c(-c2c(O)c3c(C(=O)OC)c(OC)c(OC)c(=C(C)C)c3c(O)c2=C)c(O)c2c(C(=O)OC)c(OC)c(OC)c(=C(C)C)c2c1O. The zero-order valence-electron chi connectivity index (χ0n) is 28.5. The van der Waals surface area contributed by atoms with Gasteiger partial charge in [-0.15, -0.1) is 0 Å². The number of fused-ring (bicyclic) bond motifs is 2. The summed E-state index contributed by atoms with van der Waals surface area (Å²) in [6.45, 7) is 14.9. The number of phenolic OH excluding ortho intramolecular Hbond substituents is 4. The third-order valence-electron chi connectivity index (χ3n) is 8.26. The Hall–Kier alpha value is -5.78. The summed E-state index contributed by atoms with van der Waals surface area (Å²) < 4.78 is 32.5. The lowest BCUT2D eigenvalue weighted by molar-refractivity contribution is 0.0589. The van der Waals surface area contributed by atoms with Crippen molar-refractivity contribution in [3.8, 4) is 57.1 Å². The standard InChI is InChI=1S/C36H38O12/c1-13(2)17-21-23(25(35(41)47-11)33(45-9)31(17)43-7)29(39)19(15(5)27(21)37)20-16(6)28(38)22-18(14(3)4)32(44-8)34(46-10)26(36(42)48-12)24(22)30(20)40/h37-40H,5-6H2,1-4,7-12H3. The van der Waals surface area contributed by atoms with Gasteiger partial charge in [-0.25, -0.2) is 9.59 Å². The fraction of sp³-hybridized carbons (Fsp3) is 0.278. The van der Waals surface area contributed by atoms with Gasteiger partial charge in [-0.1, -0.05) is 24.3 Å². The molecule has 0 aliphatic carbocycles. The van der Waals surface area contributed by atoms with Crippen LogP contribution < -0.4 is 39.8 Å². The molecule has 0 bridgehead atoms. The molecule has 0 aromatic heterocycles. The minimum absolute atomic E-state index is 0.0189. The molecule has 0 spiro atoms. The Bertz CT molecular complexity index is 2130. The van der Waals surface area contributed by atoms with Crippen LogP contribution in [0.3, 0.4) is 0 Å². The first kappa shape index (κ1) is 35.1. The molecule has 4 aromatic rings. The van der Waals surface area contributed by atoms with Crippen molar-refractivity contribution in [2.45, 2.75) is 27.7 Å². The average molecular weight is 663 g/mol. The van der Waals surface area contributed by atoms with Crippen molar-refractivity contribution in [1.82, 2.24) is 0 Å². The van der Waals surface area contributed by atoms with E-state index in [-0.39, 0.29) is 77.2 Å². The lowest BCUT2D eigenvalue weighted by atomic mass is 9.87. The number of methoxy groups -OCH3 is 6. The van der Waals surface area contributed by atoms with Gasteiger partial charge < -0.3 is 48.8 Å². The van der Waals surface area contributed by atoms with Crippen LogP contribution in [0.25, 0.3) is 57.0 Å². The lowest BCUT2D eigenvalue weighted by Gasteiger charge is -2.22. The average Bonchev–Trinajstić information content (AvgIpc) is 3.07. The molecule has 0 atom stereocenters. The number of benzene rings is 4. The van der Waals surface area contributed by atoms with E-state index in [1.165, 1.54) is 28.4 Å². The maximum Gasteiger partial charge on any atom is 0.342 e. The molecule has 0 saturated carbocycles. The monoisotopic (exact) mass is 662 g/mol. The highest BCUT2D eigenvalue weighted by molar-refractivity contribution is 6.18. The Morgan fingerprint density at radius 1 is 0.479 bits per heavy atom. The number of hydrogen-bond acceptors (Lipinski definition) is 12. The minimum Gasteiger partial charge on any atom is -0.507 e. The number of rotatable bonds is 7. The number of carbonyl (C=O) groups is 2. The molecule has 254 valence electrons. The van der Waals surface area contributed by atoms with Gasteiger partial charge in [-0.3, -0.25) is 0 Å². The molecule has 0 amide bonds. The lowest BCUT2D eigenvalue weighted by Crippen LogP contribution is -2.22. The molecule has 48 heavy (non-hydrogen) atoms. The molecule has 4 N–H and O–H groups in total. The zero-order valence-corrected chi connectivity index (χ0v) is 28.5. The van der Waals surface area contributed by atoms with E-state index in [1.54, 1.807) is 27.7 Å². The first-order chi connectivity index (χ1) is 22.6. The van der Waals surface area contributed by atoms with Crippen molar-refractivity contribution in [2.24, 2.45) is 0 Å². The van der Waals surface area contributed by atoms with E-state index in [9.17, 15) is 30.0 Å². The summed E-state index contributed by atoms with van der Waals surface area (Å²) in [5, 5.41) is 47.6. The summed E-state index contributed by atoms with van der Waals surface area (Å²) in [5.74, 6) is -4.26. The molecule has 4 rings (SSSR count). The van der Waals surface area contributed by atoms with Crippen LogP contribution in [-0.4, -0.2) is 75.0 Å². The fourth-order valence-electron chi connectivity index (χ4n) is 6.30. The van der Waals surface area contributed by atoms with Crippen LogP contribution >= 0.6 is 0 Å². The molecule has 0 aliphatic heterocycles. The summed E-state index contributed by atoms with van der Waals surface area (Å²) in [5.41, 5.74) is -0.0236. The second-order valence-electron chi connectivity index (χ2n) is 11.2. The molecule has 0 saturated heterocycles. The van der Waals surface area contributed by atoms with Crippen LogP contribution in [0.1, 0.15) is 48.4 Å². The van der Waals surface area contributed by atoms with Gasteiger partial charge in [0.25, 0.3) is 0 Å². The van der Waals surface area contributed by atoms with Gasteiger partial charge in [0.2, 0.25) is 0 Å². The molecule has 12 heteroatoms. The van der Waals surface area contributed by atoms with Crippen LogP contribution in [-0.2, 0) is 9.47 Å². The molecular weight excluding hydrogens is 624 g/mol. The van der Waals surface area contributed by atoms with E-state index in [0.29, 0.717) is 21.6 Å². The summed E-state index contributed by atoms with van der Waals surface area (Å²) in [7, 11) is 7.54. The van der Waals surface area contributed by atoms with Crippen molar-refractivity contribution in [3.05, 3.63) is 32.0 Å². The third kappa shape index (κ3) is 4.74. The summed E-state index contributed by atoms with van der Waals surface area (Å²) in [6.07, 6.45) is 0. The Morgan fingerprint density at radius 3 is 1.00 bits per heavy atom. The molecule has 0 aliphatic rings. The summed E-state index contributed by atoms with van der Waals surface area (Å²) in [4.78, 5) is 26.7. The predicted octanol–water partition coefficient (Wildman–Crippen LogP) is 3.29. The summed E-state index contributed by atoms with van der Waals surface area (Å²) in [6, 6.07) is 0. The van der Waals surface area contributed by atoms with Crippen LogP contribution in [0, 0.1) is 0 Å². The Balaban J connectivity index is 2.52. The van der Waals surface area contributed by atoms with Gasteiger partial charge in [0, 0.05) is 53.5 Å². The van der Waals surface area contributed by atoms with Gasteiger partial charge in [0.15, 0.2) is 23.0 Å². The molecule has 0 heterocycles. The van der Waals surface area contributed by atoms with E-state index in [0.717, 1.165) is 14.2 Å². The molecule has 0 fully saturated rings. The molecule has 4 aromatic carbocycles. The number of aromatic hydroxyl groups is 4. The molecule has 0 radical (unpaired) electrons. The van der Waals surface area contributed by atoms with Crippen molar-refractivity contribution < 1.29 is 58.4 Å². The maximum absolute atomic E-state index is 13.3. The van der Waals surface area contributed by atoms with Crippen LogP contribution in [0.4, 0.5) is 0 Å². The summed E-state index contributed by atoms with van der Waals surface area (Å²) >= 11 is 0. The second kappa shape index (κ2) is 12.8. The van der Waals surface area contributed by atoms with Crippen molar-refractivity contribution >= 4 is 57.8 Å². The number of hydrogen-bond donors (Lipinski definition) is 4. The van der Waals surface area contributed by atoms with E-state index in [1.807, 2.05) is 0 Å². The Kier molecular flexibility index (Phi) is 9.34. The number of carbonyl (C=O) groups excluding carboxylic acids is 2. The van der Waals surface area contributed by atoms with Gasteiger partial charge in [0.1, 0.15) is 34.1 Å². The third-order valence-corrected chi connectivity index (χ3v) is 8.26. The Labute approximate surface area is 275 Å². The topological polar surface area (TPSA) is 170 Å². The van der Waals surface area contributed by atoms with Crippen molar-refractivity contribution in [1.29, 1.82) is 0 Å². The minimum atomic E-state index is -0.947. The van der Waals surface area contributed by atoms with Crippen molar-refractivity contribution in [3.63, 3.8) is 0 Å². The second-order valence-corrected chi connectivity index (χ2v) is 11.2. The molecule has 12 nitrogen and oxygen atoms in total. The highest BCUT2D eigenvalue weighted by Crippen LogP contribution is 2.48. The number of ether oxygens (including phenoxy) is 6. The molecular formula is C36H38O12. The Morgan fingerprint density at radius 2 is 0.771 bits per heavy atom. The number of esters is 2. The van der Waals surface area contributed by atoms with Gasteiger partial charge in [-0.2, -0.15) is 0 Å². The van der Waals surface area contributed by atoms with Crippen LogP contribution in [0.15, 0.2) is 0 Å². The highest BCUT2D eigenvalue weighted by atomic mass is 16.5. The van der Waals surface area contributed by atoms with Gasteiger partial charge in [0.05, 0.1) is 42.7 Å². The smallest absolute Gasteiger partial charge is 0.342 e. The largest absolute Gasteiger partial charge is 0.507 e. The van der Waals surface area contributed by atoms with E-state index >= 15 is 0 Å². The number of phenols is 4. The van der Waals surface area contributed by atoms with Crippen LogP contribution in [0.2, 0.25) is 0 Å². The maximum atomic E-state index is 13.3. The zero-order chi connectivity index (χ0) is 36.1. The van der Waals surface area contributed by atoms with Gasteiger partial charge >= 0.3 is 11.9 Å². The van der Waals surface area contributed by atoms with Crippen LogP contribution in [0.5, 0.6) is 46.0 Å². The van der Waals surface area contributed by atoms with E-state index in [2.05, 4.69) is 13.2 Å². The quantitative estimate of drug-likeness (QED) is 0.169. The predicted molar refractivity (Wildman–Crippen MR) is 181 cm³/mol. The first-order valence-electron chi connectivity index (χ1n) is 14.4. The van der Waals surface area contributed by atoms with E-state index in [4.69, 9.17) is 28.4 Å². The van der Waals surface area contributed by atoms with E-state index < -0.39 is 34.9 Å². The van der Waals surface area contributed by atoms with Gasteiger partial charge in [-0.05, 0) is 27.7 Å². The first-order valence-corrected chi connectivity index (χ1v) is 14.4. The fourth-order valence-corrected chi connectivity index (χ4v) is 6.30. The highest BCUT2D eigenvalue weighted by Gasteiger charge is 2.34. The molecule has 0 unspecified atom stereocenters. The normalized spacial score (nSPS) is 11.0. The van der Waals surface area contributed by atoms with Crippen molar-refractivity contribution in [2.75, 3.05) is 42.7 Å².